The van der Waals surface area contributed by atoms with Crippen molar-refractivity contribution in [3.8, 4) is 0 Å². The smallest absolute Gasteiger partial charge is 0.312 e. The zero-order valence-corrected chi connectivity index (χ0v) is 15.5. The minimum absolute atomic E-state index is 0.0420. The summed E-state index contributed by atoms with van der Waals surface area (Å²) in [4.78, 5) is 24.8. The predicted molar refractivity (Wildman–Crippen MR) is 89.2 cm³/mol. The molecule has 0 aromatic carbocycles. The molecule has 4 aliphatic heterocycles. The SMILES string of the molecule is CC(C)[C@]12C=C3[C@H](O)C[C@@H]4[C@](C)([C@@H]5CC[C@@]4(C)C(=O)O5)[C@@]3(CC1)OO2. The Labute approximate surface area is 148 Å². The van der Waals surface area contributed by atoms with Crippen molar-refractivity contribution < 1.29 is 24.4 Å². The van der Waals surface area contributed by atoms with E-state index in [9.17, 15) is 9.90 Å². The van der Waals surface area contributed by atoms with Crippen molar-refractivity contribution in [1.82, 2.24) is 0 Å². The van der Waals surface area contributed by atoms with Gasteiger partial charge in [0.1, 0.15) is 17.3 Å². The van der Waals surface area contributed by atoms with E-state index in [1.54, 1.807) is 0 Å². The highest BCUT2D eigenvalue weighted by Crippen LogP contribution is 2.71. The number of aliphatic hydroxyl groups excluding tert-OH is 1. The molecule has 0 aromatic rings. The van der Waals surface area contributed by atoms with Crippen molar-refractivity contribution in [2.45, 2.75) is 83.2 Å². The molecule has 5 fully saturated rings. The standard InChI is InChI=1S/C20H28O5/c1-11(2)19-7-8-20(25-24-19)12(10-19)13(21)9-14-17(3)6-5-15(18(14,20)4)23-16(17)22/h10-11,13-15,21H,5-9H2,1-4H3/t13-,14+,15+,17-,18-,19-,20+/m1/s1. The first-order valence-corrected chi connectivity index (χ1v) is 9.69. The van der Waals surface area contributed by atoms with Crippen LogP contribution >= 0.6 is 0 Å². The lowest BCUT2D eigenvalue weighted by molar-refractivity contribution is -0.475. The molecule has 7 atom stereocenters. The van der Waals surface area contributed by atoms with Crippen molar-refractivity contribution >= 4 is 5.97 Å². The van der Waals surface area contributed by atoms with Gasteiger partial charge in [0.15, 0.2) is 0 Å². The van der Waals surface area contributed by atoms with E-state index < -0.39 is 22.7 Å². The predicted octanol–water partition coefficient (Wildman–Crippen LogP) is 2.91. The number of esters is 1. The van der Waals surface area contributed by atoms with Crippen LogP contribution in [-0.2, 0) is 19.3 Å². The Kier molecular flexibility index (Phi) is 2.92. The van der Waals surface area contributed by atoms with E-state index in [2.05, 4.69) is 26.8 Å². The van der Waals surface area contributed by atoms with Crippen LogP contribution in [0, 0.1) is 22.7 Å². The van der Waals surface area contributed by atoms with Gasteiger partial charge in [0.2, 0.25) is 0 Å². The van der Waals surface area contributed by atoms with Crippen LogP contribution in [0.2, 0.25) is 0 Å². The van der Waals surface area contributed by atoms with Gasteiger partial charge in [0.25, 0.3) is 0 Å². The molecule has 0 radical (unpaired) electrons. The summed E-state index contributed by atoms with van der Waals surface area (Å²) in [6.45, 7) is 8.47. The van der Waals surface area contributed by atoms with Crippen molar-refractivity contribution in [3.05, 3.63) is 11.6 Å². The molecule has 138 valence electrons. The third-order valence-corrected chi connectivity index (χ3v) is 8.54. The van der Waals surface area contributed by atoms with E-state index >= 15 is 0 Å². The van der Waals surface area contributed by atoms with Gasteiger partial charge in [-0.05, 0) is 62.5 Å². The van der Waals surface area contributed by atoms with Crippen LogP contribution in [-0.4, -0.2) is 34.5 Å². The molecule has 4 heterocycles. The fraction of sp³-hybridized carbons (Fsp3) is 0.850. The highest BCUT2D eigenvalue weighted by Gasteiger charge is 2.76. The molecule has 3 aliphatic carbocycles. The maximum atomic E-state index is 12.6. The first-order chi connectivity index (χ1) is 11.7. The molecule has 7 rings (SSSR count). The van der Waals surface area contributed by atoms with Crippen LogP contribution in [0.1, 0.15) is 59.8 Å². The van der Waals surface area contributed by atoms with E-state index in [1.165, 1.54) is 0 Å². The Morgan fingerprint density at radius 2 is 1.96 bits per heavy atom. The number of carbonyl (C=O) groups excluding carboxylic acids is 1. The van der Waals surface area contributed by atoms with Crippen LogP contribution in [0.4, 0.5) is 0 Å². The van der Waals surface area contributed by atoms with E-state index in [0.29, 0.717) is 6.42 Å². The molecule has 5 heteroatoms. The highest BCUT2D eigenvalue weighted by molar-refractivity contribution is 5.79. The lowest BCUT2D eigenvalue weighted by Crippen LogP contribution is -2.76. The Hall–Kier alpha value is -0.910. The molecule has 0 aromatic heterocycles. The molecule has 1 N–H and O–H groups in total. The van der Waals surface area contributed by atoms with Crippen LogP contribution < -0.4 is 0 Å². The number of rotatable bonds is 1. The lowest BCUT2D eigenvalue weighted by atomic mass is 9.40. The average molecular weight is 348 g/mol. The molecule has 0 amide bonds. The third kappa shape index (κ3) is 1.56. The van der Waals surface area contributed by atoms with E-state index in [1.807, 2.05) is 6.92 Å². The molecular formula is C20H28O5. The number of aliphatic hydroxyl groups is 1. The fourth-order valence-electron chi connectivity index (χ4n) is 6.74. The molecular weight excluding hydrogens is 320 g/mol. The summed E-state index contributed by atoms with van der Waals surface area (Å²) in [5, 5.41) is 11.0. The molecule has 4 bridgehead atoms. The summed E-state index contributed by atoms with van der Waals surface area (Å²) in [5.74, 6) is 0.209. The summed E-state index contributed by atoms with van der Waals surface area (Å²) in [6.07, 6.45) is 5.37. The Morgan fingerprint density at radius 3 is 2.56 bits per heavy atom. The zero-order chi connectivity index (χ0) is 17.8. The first-order valence-electron chi connectivity index (χ1n) is 9.69. The maximum Gasteiger partial charge on any atom is 0.312 e. The van der Waals surface area contributed by atoms with Gasteiger partial charge in [-0.25, -0.2) is 9.78 Å². The first kappa shape index (κ1) is 16.3. The van der Waals surface area contributed by atoms with Crippen molar-refractivity contribution in [1.29, 1.82) is 0 Å². The number of hydrogen-bond donors (Lipinski definition) is 1. The van der Waals surface area contributed by atoms with Gasteiger partial charge in [-0.1, -0.05) is 20.8 Å². The minimum Gasteiger partial charge on any atom is -0.461 e. The van der Waals surface area contributed by atoms with Gasteiger partial charge in [-0.3, -0.25) is 4.79 Å². The largest absolute Gasteiger partial charge is 0.461 e. The summed E-state index contributed by atoms with van der Waals surface area (Å²) in [6, 6.07) is 0. The molecule has 1 spiro atoms. The molecule has 2 saturated carbocycles. The van der Waals surface area contributed by atoms with Crippen LogP contribution in [0.3, 0.4) is 0 Å². The van der Waals surface area contributed by atoms with Gasteiger partial charge >= 0.3 is 5.97 Å². The lowest BCUT2D eigenvalue weighted by Gasteiger charge is -2.70. The monoisotopic (exact) mass is 348 g/mol. The Bertz CT molecular complexity index is 674. The van der Waals surface area contributed by atoms with Crippen LogP contribution in [0.15, 0.2) is 11.6 Å². The molecule has 0 unspecified atom stereocenters. The van der Waals surface area contributed by atoms with E-state index in [0.717, 1.165) is 31.3 Å². The zero-order valence-electron chi connectivity index (χ0n) is 15.5. The van der Waals surface area contributed by atoms with Gasteiger partial charge in [0.05, 0.1) is 11.5 Å². The highest BCUT2D eigenvalue weighted by atomic mass is 17.2. The Morgan fingerprint density at radius 1 is 1.20 bits per heavy atom. The fourth-order valence-corrected chi connectivity index (χ4v) is 6.74. The number of hydrogen-bond acceptors (Lipinski definition) is 5. The molecule has 25 heavy (non-hydrogen) atoms. The number of ether oxygens (including phenoxy) is 1. The van der Waals surface area contributed by atoms with Crippen molar-refractivity contribution in [2.24, 2.45) is 22.7 Å². The average Bonchev–Trinajstić information content (AvgIpc) is 2.60. The molecule has 7 aliphatic rings. The van der Waals surface area contributed by atoms with Gasteiger partial charge in [-0.15, -0.1) is 0 Å². The van der Waals surface area contributed by atoms with Crippen molar-refractivity contribution in [2.75, 3.05) is 0 Å². The minimum atomic E-state index is -0.682. The van der Waals surface area contributed by atoms with E-state index in [-0.39, 0.29) is 29.3 Å². The summed E-state index contributed by atoms with van der Waals surface area (Å²) in [7, 11) is 0. The van der Waals surface area contributed by atoms with Crippen LogP contribution in [0.5, 0.6) is 0 Å². The number of fused-ring (bicyclic) bond motifs is 4. The second kappa shape index (κ2) is 4.49. The second-order valence-electron chi connectivity index (χ2n) is 9.64. The van der Waals surface area contributed by atoms with Gasteiger partial charge in [0, 0.05) is 5.41 Å². The van der Waals surface area contributed by atoms with Crippen molar-refractivity contribution in [3.63, 3.8) is 0 Å². The number of carbonyl (C=O) groups is 1. The summed E-state index contributed by atoms with van der Waals surface area (Å²) in [5.41, 5.74) is -1.07. The van der Waals surface area contributed by atoms with E-state index in [4.69, 9.17) is 14.5 Å². The molecule has 5 nitrogen and oxygen atoms in total. The second-order valence-corrected chi connectivity index (χ2v) is 9.64. The Balaban J connectivity index is 1.70. The third-order valence-electron chi connectivity index (χ3n) is 8.54. The van der Waals surface area contributed by atoms with Gasteiger partial charge in [-0.2, -0.15) is 0 Å². The summed E-state index contributed by atoms with van der Waals surface area (Å²) >= 11 is 0. The normalized spacial score (nSPS) is 56.3. The maximum absolute atomic E-state index is 12.6. The van der Waals surface area contributed by atoms with Gasteiger partial charge < -0.3 is 9.84 Å². The summed E-state index contributed by atoms with van der Waals surface area (Å²) < 4.78 is 5.88. The van der Waals surface area contributed by atoms with Crippen LogP contribution in [0.25, 0.3) is 0 Å². The molecule has 3 saturated heterocycles. The topological polar surface area (TPSA) is 65.0 Å². The quantitative estimate of drug-likeness (QED) is 0.448.